The molecule has 128 valence electrons. The van der Waals surface area contributed by atoms with E-state index in [2.05, 4.69) is 25.2 Å². The molecular formula is C16H14FN5O2S. The van der Waals surface area contributed by atoms with Gasteiger partial charge in [-0.25, -0.2) is 12.8 Å². The molecule has 0 radical (unpaired) electrons. The molecule has 0 saturated carbocycles. The number of anilines is 2. The van der Waals surface area contributed by atoms with E-state index in [1.165, 1.54) is 18.2 Å². The van der Waals surface area contributed by atoms with Crippen molar-refractivity contribution in [3.63, 3.8) is 0 Å². The predicted molar refractivity (Wildman–Crippen MR) is 90.8 cm³/mol. The number of rotatable bonds is 6. The van der Waals surface area contributed by atoms with E-state index in [-0.39, 0.29) is 10.7 Å². The summed E-state index contributed by atoms with van der Waals surface area (Å²) in [6.45, 7) is 0.517. The summed E-state index contributed by atoms with van der Waals surface area (Å²) in [5.74, 6) is 0.0487. The van der Waals surface area contributed by atoms with Crippen molar-refractivity contribution in [3.8, 4) is 0 Å². The minimum Gasteiger partial charge on any atom is -0.364 e. The van der Waals surface area contributed by atoms with Crippen LogP contribution in [0.1, 0.15) is 5.56 Å². The molecule has 3 aromatic rings. The summed E-state index contributed by atoms with van der Waals surface area (Å²) in [6.07, 6.45) is 3.41. The van der Waals surface area contributed by atoms with Crippen LogP contribution >= 0.6 is 0 Å². The smallest absolute Gasteiger partial charge is 0.263 e. The molecule has 1 aromatic carbocycles. The van der Waals surface area contributed by atoms with Gasteiger partial charge in [-0.1, -0.05) is 6.07 Å². The molecule has 0 amide bonds. The summed E-state index contributed by atoms with van der Waals surface area (Å²) in [5, 5.41) is 10.8. The molecule has 0 aliphatic heterocycles. The van der Waals surface area contributed by atoms with Crippen molar-refractivity contribution in [2.75, 3.05) is 10.0 Å². The van der Waals surface area contributed by atoms with Crippen molar-refractivity contribution in [2.24, 2.45) is 0 Å². The molecule has 0 bridgehead atoms. The lowest BCUT2D eigenvalue weighted by atomic mass is 10.3. The second-order valence-corrected chi connectivity index (χ2v) is 6.76. The molecule has 0 fully saturated rings. The standard InChI is InChI=1S/C16H14FN5O2S/c17-13-3-5-14(6-4-13)25(23,24)22-16-8-7-15(20-21-16)19-11-12-2-1-9-18-10-12/h1-10H,11H2,(H,19,20)(H,21,22). The Morgan fingerprint density at radius 2 is 1.68 bits per heavy atom. The van der Waals surface area contributed by atoms with E-state index >= 15 is 0 Å². The first-order chi connectivity index (χ1) is 12.0. The number of sulfonamides is 1. The Bertz CT molecular complexity index is 933. The van der Waals surface area contributed by atoms with Crippen LogP contribution in [0.15, 0.2) is 65.8 Å². The fraction of sp³-hybridized carbons (Fsp3) is 0.0625. The van der Waals surface area contributed by atoms with Gasteiger partial charge in [-0.15, -0.1) is 10.2 Å². The molecule has 3 rings (SSSR count). The van der Waals surface area contributed by atoms with Crippen LogP contribution in [-0.2, 0) is 16.6 Å². The summed E-state index contributed by atoms with van der Waals surface area (Å²) < 4.78 is 39.6. The molecule has 2 aromatic heterocycles. The SMILES string of the molecule is O=S(=O)(Nc1ccc(NCc2cccnc2)nn1)c1ccc(F)cc1. The van der Waals surface area contributed by atoms with Crippen LogP contribution < -0.4 is 10.0 Å². The van der Waals surface area contributed by atoms with E-state index in [1.807, 2.05) is 12.1 Å². The third kappa shape index (κ3) is 4.48. The molecule has 0 atom stereocenters. The Hall–Kier alpha value is -3.07. The van der Waals surface area contributed by atoms with Crippen molar-refractivity contribution in [3.05, 3.63) is 72.3 Å². The first kappa shape index (κ1) is 16.8. The molecule has 2 N–H and O–H groups in total. The van der Waals surface area contributed by atoms with Gasteiger partial charge < -0.3 is 5.32 Å². The van der Waals surface area contributed by atoms with Crippen molar-refractivity contribution < 1.29 is 12.8 Å². The van der Waals surface area contributed by atoms with E-state index in [9.17, 15) is 12.8 Å². The highest BCUT2D eigenvalue weighted by Crippen LogP contribution is 2.15. The maximum atomic E-state index is 12.9. The Morgan fingerprint density at radius 1 is 0.960 bits per heavy atom. The lowest BCUT2D eigenvalue weighted by Crippen LogP contribution is -2.14. The van der Waals surface area contributed by atoms with Crippen LogP contribution in [0.5, 0.6) is 0 Å². The molecule has 9 heteroatoms. The minimum absolute atomic E-state index is 0.0607. The van der Waals surface area contributed by atoms with Gasteiger partial charge in [0, 0.05) is 18.9 Å². The maximum absolute atomic E-state index is 12.9. The highest BCUT2D eigenvalue weighted by molar-refractivity contribution is 7.92. The van der Waals surface area contributed by atoms with Crippen LogP contribution in [0.25, 0.3) is 0 Å². The van der Waals surface area contributed by atoms with Gasteiger partial charge in [0.25, 0.3) is 10.0 Å². The largest absolute Gasteiger partial charge is 0.364 e. The van der Waals surface area contributed by atoms with Crippen LogP contribution in [0.2, 0.25) is 0 Å². The quantitative estimate of drug-likeness (QED) is 0.702. The molecule has 0 saturated heterocycles. The lowest BCUT2D eigenvalue weighted by Gasteiger charge is -2.08. The Balaban J connectivity index is 1.65. The van der Waals surface area contributed by atoms with Gasteiger partial charge in [-0.3, -0.25) is 9.71 Å². The molecule has 0 aliphatic rings. The number of aromatic nitrogens is 3. The Morgan fingerprint density at radius 3 is 2.32 bits per heavy atom. The first-order valence-corrected chi connectivity index (χ1v) is 8.76. The number of nitrogens with zero attached hydrogens (tertiary/aromatic N) is 3. The monoisotopic (exact) mass is 359 g/mol. The Labute approximate surface area is 144 Å². The fourth-order valence-electron chi connectivity index (χ4n) is 1.99. The maximum Gasteiger partial charge on any atom is 0.263 e. The fourth-order valence-corrected chi connectivity index (χ4v) is 2.98. The number of hydrogen-bond donors (Lipinski definition) is 2. The van der Waals surface area contributed by atoms with E-state index in [0.29, 0.717) is 12.4 Å². The summed E-state index contributed by atoms with van der Waals surface area (Å²) in [6, 6.07) is 11.3. The number of halogens is 1. The predicted octanol–water partition coefficient (Wildman–Crippen LogP) is 2.42. The number of nitrogens with one attached hydrogen (secondary N) is 2. The molecule has 7 nitrogen and oxygen atoms in total. The average Bonchev–Trinajstić information content (AvgIpc) is 2.62. The highest BCUT2D eigenvalue weighted by atomic mass is 32.2. The molecule has 0 unspecified atom stereocenters. The zero-order chi connectivity index (χ0) is 17.7. The molecule has 25 heavy (non-hydrogen) atoms. The van der Waals surface area contributed by atoms with Crippen molar-refractivity contribution in [2.45, 2.75) is 11.4 Å². The number of hydrogen-bond acceptors (Lipinski definition) is 6. The summed E-state index contributed by atoms with van der Waals surface area (Å²) in [7, 11) is -3.85. The minimum atomic E-state index is -3.85. The van der Waals surface area contributed by atoms with Crippen LogP contribution in [0.4, 0.5) is 16.0 Å². The zero-order valence-electron chi connectivity index (χ0n) is 12.9. The molecule has 0 spiro atoms. The van der Waals surface area contributed by atoms with Crippen molar-refractivity contribution in [1.82, 2.24) is 15.2 Å². The lowest BCUT2D eigenvalue weighted by molar-refractivity contribution is 0.599. The molecule has 2 heterocycles. The van der Waals surface area contributed by atoms with Gasteiger partial charge in [-0.05, 0) is 48.0 Å². The van der Waals surface area contributed by atoms with Crippen molar-refractivity contribution >= 4 is 21.7 Å². The van der Waals surface area contributed by atoms with Crippen LogP contribution in [0, 0.1) is 5.82 Å². The summed E-state index contributed by atoms with van der Waals surface area (Å²) in [5.41, 5.74) is 0.977. The third-order valence-corrected chi connectivity index (χ3v) is 4.59. The number of benzene rings is 1. The second kappa shape index (κ2) is 7.22. The second-order valence-electron chi connectivity index (χ2n) is 5.08. The molecular weight excluding hydrogens is 345 g/mol. The van der Waals surface area contributed by atoms with Crippen molar-refractivity contribution in [1.29, 1.82) is 0 Å². The van der Waals surface area contributed by atoms with Gasteiger partial charge >= 0.3 is 0 Å². The third-order valence-electron chi connectivity index (χ3n) is 3.22. The van der Waals surface area contributed by atoms with Crippen LogP contribution in [0.3, 0.4) is 0 Å². The van der Waals surface area contributed by atoms with Gasteiger partial charge in [-0.2, -0.15) is 0 Å². The van der Waals surface area contributed by atoms with E-state index in [1.54, 1.807) is 18.5 Å². The van der Waals surface area contributed by atoms with E-state index in [4.69, 9.17) is 0 Å². The van der Waals surface area contributed by atoms with Crippen LogP contribution in [-0.4, -0.2) is 23.6 Å². The van der Waals surface area contributed by atoms with Gasteiger partial charge in [0.1, 0.15) is 11.6 Å². The zero-order valence-corrected chi connectivity index (χ0v) is 13.7. The Kier molecular flexibility index (Phi) is 4.85. The number of pyridine rings is 1. The summed E-state index contributed by atoms with van der Waals surface area (Å²) in [4.78, 5) is 3.95. The van der Waals surface area contributed by atoms with E-state index in [0.717, 1.165) is 17.7 Å². The summed E-state index contributed by atoms with van der Waals surface area (Å²) >= 11 is 0. The van der Waals surface area contributed by atoms with E-state index < -0.39 is 15.8 Å². The average molecular weight is 359 g/mol. The topological polar surface area (TPSA) is 96.9 Å². The van der Waals surface area contributed by atoms with Gasteiger partial charge in [0.05, 0.1) is 4.90 Å². The first-order valence-electron chi connectivity index (χ1n) is 7.28. The van der Waals surface area contributed by atoms with Gasteiger partial charge in [0.15, 0.2) is 5.82 Å². The normalized spacial score (nSPS) is 11.1. The highest BCUT2D eigenvalue weighted by Gasteiger charge is 2.15. The molecule has 0 aliphatic carbocycles. The van der Waals surface area contributed by atoms with Gasteiger partial charge in [0.2, 0.25) is 0 Å².